The first-order valence-corrected chi connectivity index (χ1v) is 10.4. The summed E-state index contributed by atoms with van der Waals surface area (Å²) in [5.74, 6) is 0.681. The van der Waals surface area contributed by atoms with Gasteiger partial charge in [-0.15, -0.1) is 0 Å². The Morgan fingerprint density at radius 2 is 1.96 bits per heavy atom. The zero-order valence-electron chi connectivity index (χ0n) is 16.0. The van der Waals surface area contributed by atoms with E-state index in [0.717, 1.165) is 51.3 Å². The maximum Gasteiger partial charge on any atom is 0.287 e. The minimum absolute atomic E-state index is 0.219. The molecule has 2 aromatic rings. The summed E-state index contributed by atoms with van der Waals surface area (Å²) in [6, 6.07) is 10.1. The summed E-state index contributed by atoms with van der Waals surface area (Å²) in [7, 11) is 0. The number of piperidine rings is 1. The summed E-state index contributed by atoms with van der Waals surface area (Å²) in [5, 5.41) is 7.97. The van der Waals surface area contributed by atoms with E-state index in [0.29, 0.717) is 24.2 Å². The number of hydrogen-bond donors (Lipinski definition) is 1. The molecule has 2 aliphatic heterocycles. The SMILES string of the molecule is O=c1c(Cl)c(NC2CCN(CC3CCOC3)CC2)cnn1Cc1ccccc1. The van der Waals surface area contributed by atoms with E-state index in [1.165, 1.54) is 11.1 Å². The van der Waals surface area contributed by atoms with Crippen LogP contribution in [0.1, 0.15) is 24.8 Å². The van der Waals surface area contributed by atoms with E-state index in [1.807, 2.05) is 30.3 Å². The molecule has 6 nitrogen and oxygen atoms in total. The smallest absolute Gasteiger partial charge is 0.287 e. The molecule has 1 aromatic carbocycles. The molecule has 2 saturated heterocycles. The van der Waals surface area contributed by atoms with Crippen molar-refractivity contribution in [3.05, 3.63) is 57.5 Å². The number of aromatic nitrogens is 2. The van der Waals surface area contributed by atoms with Gasteiger partial charge in [-0.05, 0) is 30.7 Å². The van der Waals surface area contributed by atoms with Gasteiger partial charge in [0.25, 0.3) is 5.56 Å². The molecule has 1 atom stereocenters. The summed E-state index contributed by atoms with van der Waals surface area (Å²) < 4.78 is 6.89. The molecule has 1 unspecified atom stereocenters. The van der Waals surface area contributed by atoms with E-state index >= 15 is 0 Å². The number of likely N-dealkylation sites (tertiary alicyclic amines) is 1. The first-order chi connectivity index (χ1) is 13.7. The lowest BCUT2D eigenvalue weighted by Gasteiger charge is -2.34. The van der Waals surface area contributed by atoms with Crippen LogP contribution in [0.5, 0.6) is 0 Å². The highest BCUT2D eigenvalue weighted by atomic mass is 35.5. The molecule has 0 bridgehead atoms. The van der Waals surface area contributed by atoms with E-state index in [1.54, 1.807) is 6.20 Å². The molecule has 0 amide bonds. The van der Waals surface area contributed by atoms with Crippen LogP contribution in [0.4, 0.5) is 5.69 Å². The molecule has 0 spiro atoms. The zero-order chi connectivity index (χ0) is 19.3. The lowest BCUT2D eigenvalue weighted by atomic mass is 10.0. The maximum absolute atomic E-state index is 12.6. The lowest BCUT2D eigenvalue weighted by Crippen LogP contribution is -2.41. The highest BCUT2D eigenvalue weighted by Gasteiger charge is 2.24. The Bertz CT molecular complexity index is 828. The van der Waals surface area contributed by atoms with Crippen LogP contribution in [0.2, 0.25) is 5.02 Å². The second kappa shape index (κ2) is 9.07. The first-order valence-electron chi connectivity index (χ1n) is 10.1. The molecular weight excluding hydrogens is 376 g/mol. The lowest BCUT2D eigenvalue weighted by molar-refractivity contribution is 0.154. The predicted octanol–water partition coefficient (Wildman–Crippen LogP) is 2.86. The number of ether oxygens (including phenoxy) is 1. The van der Waals surface area contributed by atoms with Gasteiger partial charge in [-0.3, -0.25) is 4.79 Å². The van der Waals surface area contributed by atoms with Crippen molar-refractivity contribution in [3.63, 3.8) is 0 Å². The highest BCUT2D eigenvalue weighted by Crippen LogP contribution is 2.22. The first kappa shape index (κ1) is 19.4. The predicted molar refractivity (Wildman–Crippen MR) is 111 cm³/mol. The van der Waals surface area contributed by atoms with Crippen molar-refractivity contribution in [1.82, 2.24) is 14.7 Å². The van der Waals surface area contributed by atoms with Crippen molar-refractivity contribution in [2.24, 2.45) is 5.92 Å². The fraction of sp³-hybridized carbons (Fsp3) is 0.524. The van der Waals surface area contributed by atoms with Gasteiger partial charge < -0.3 is 15.0 Å². The summed E-state index contributed by atoms with van der Waals surface area (Å²) >= 11 is 6.37. The molecule has 1 N–H and O–H groups in total. The van der Waals surface area contributed by atoms with E-state index < -0.39 is 0 Å². The van der Waals surface area contributed by atoms with Crippen molar-refractivity contribution < 1.29 is 4.74 Å². The number of anilines is 1. The van der Waals surface area contributed by atoms with E-state index in [9.17, 15) is 4.79 Å². The highest BCUT2D eigenvalue weighted by molar-refractivity contribution is 6.32. The third kappa shape index (κ3) is 4.74. The summed E-state index contributed by atoms with van der Waals surface area (Å²) in [5.41, 5.74) is 1.40. The van der Waals surface area contributed by atoms with Crippen LogP contribution in [0.15, 0.2) is 41.3 Å². The summed E-state index contributed by atoms with van der Waals surface area (Å²) in [6.45, 7) is 5.48. The number of nitrogens with one attached hydrogen (secondary N) is 1. The molecular formula is C21H27ClN4O2. The largest absolute Gasteiger partial charge is 0.381 e. The maximum atomic E-state index is 12.6. The molecule has 150 valence electrons. The average Bonchev–Trinajstić information content (AvgIpc) is 3.23. The average molecular weight is 403 g/mol. The standard InChI is InChI=1S/C21H27ClN4O2/c22-20-19(12-23-26(21(20)27)14-16-4-2-1-3-5-16)24-18-6-9-25(10-7-18)13-17-8-11-28-15-17/h1-5,12,17-18,24H,6-11,13-15H2. The fourth-order valence-corrected chi connectivity index (χ4v) is 4.21. The van der Waals surface area contributed by atoms with Crippen LogP contribution in [0, 0.1) is 5.92 Å². The molecule has 28 heavy (non-hydrogen) atoms. The van der Waals surface area contributed by atoms with Gasteiger partial charge in [0, 0.05) is 32.3 Å². The Morgan fingerprint density at radius 1 is 1.18 bits per heavy atom. The Hall–Kier alpha value is -1.89. The quantitative estimate of drug-likeness (QED) is 0.805. The second-order valence-corrected chi connectivity index (χ2v) is 8.15. The van der Waals surface area contributed by atoms with Crippen LogP contribution < -0.4 is 10.9 Å². The normalized spacial score (nSPS) is 21.1. The zero-order valence-corrected chi connectivity index (χ0v) is 16.8. The van der Waals surface area contributed by atoms with Gasteiger partial charge in [0.2, 0.25) is 0 Å². The van der Waals surface area contributed by atoms with Gasteiger partial charge in [-0.1, -0.05) is 41.9 Å². The van der Waals surface area contributed by atoms with Crippen molar-refractivity contribution in [3.8, 4) is 0 Å². The number of nitrogens with zero attached hydrogens (tertiary/aromatic N) is 3. The molecule has 0 radical (unpaired) electrons. The minimum atomic E-state index is -0.255. The van der Waals surface area contributed by atoms with Crippen LogP contribution in [-0.4, -0.2) is 53.6 Å². The number of halogens is 1. The molecule has 1 aromatic heterocycles. The van der Waals surface area contributed by atoms with Gasteiger partial charge >= 0.3 is 0 Å². The van der Waals surface area contributed by atoms with Gasteiger partial charge in [0.1, 0.15) is 5.02 Å². The van der Waals surface area contributed by atoms with Crippen molar-refractivity contribution in [1.29, 1.82) is 0 Å². The summed E-state index contributed by atoms with van der Waals surface area (Å²) in [6.07, 6.45) is 4.93. The summed E-state index contributed by atoms with van der Waals surface area (Å²) in [4.78, 5) is 15.1. The Morgan fingerprint density at radius 3 is 2.68 bits per heavy atom. The van der Waals surface area contributed by atoms with E-state index in [-0.39, 0.29) is 10.6 Å². The Balaban J connectivity index is 1.33. The van der Waals surface area contributed by atoms with Crippen LogP contribution in [-0.2, 0) is 11.3 Å². The molecule has 2 aliphatic rings. The van der Waals surface area contributed by atoms with E-state index in [4.69, 9.17) is 16.3 Å². The number of benzene rings is 1. The third-order valence-corrected chi connectivity index (χ3v) is 6.01. The van der Waals surface area contributed by atoms with Crippen molar-refractivity contribution in [2.45, 2.75) is 31.8 Å². The van der Waals surface area contributed by atoms with Gasteiger partial charge in [0.15, 0.2) is 0 Å². The topological polar surface area (TPSA) is 59.4 Å². The Labute approximate surface area is 170 Å². The van der Waals surface area contributed by atoms with Crippen molar-refractivity contribution >= 4 is 17.3 Å². The third-order valence-electron chi connectivity index (χ3n) is 5.65. The van der Waals surface area contributed by atoms with Gasteiger partial charge in [0.05, 0.1) is 25.0 Å². The Kier molecular flexibility index (Phi) is 6.29. The minimum Gasteiger partial charge on any atom is -0.381 e. The van der Waals surface area contributed by atoms with Crippen molar-refractivity contribution in [2.75, 3.05) is 38.2 Å². The molecule has 4 rings (SSSR count). The molecule has 3 heterocycles. The van der Waals surface area contributed by atoms with Gasteiger partial charge in [-0.2, -0.15) is 5.10 Å². The molecule has 7 heteroatoms. The number of rotatable bonds is 6. The van der Waals surface area contributed by atoms with Crippen LogP contribution >= 0.6 is 11.6 Å². The second-order valence-electron chi connectivity index (χ2n) is 7.77. The molecule has 0 aliphatic carbocycles. The van der Waals surface area contributed by atoms with Crippen LogP contribution in [0.25, 0.3) is 0 Å². The number of hydrogen-bond acceptors (Lipinski definition) is 5. The fourth-order valence-electron chi connectivity index (χ4n) is 4.01. The molecule has 2 fully saturated rings. The molecule has 0 saturated carbocycles. The van der Waals surface area contributed by atoms with Crippen LogP contribution in [0.3, 0.4) is 0 Å². The van der Waals surface area contributed by atoms with Gasteiger partial charge in [-0.25, -0.2) is 4.68 Å². The van der Waals surface area contributed by atoms with E-state index in [2.05, 4.69) is 15.3 Å². The monoisotopic (exact) mass is 402 g/mol.